The van der Waals surface area contributed by atoms with Crippen LogP contribution in [0.25, 0.3) is 0 Å². The van der Waals surface area contributed by atoms with Crippen molar-refractivity contribution >= 4 is 27.5 Å². The van der Waals surface area contributed by atoms with Gasteiger partial charge in [0.05, 0.1) is 26.2 Å². The number of carbonyl (C=O) groups is 2. The van der Waals surface area contributed by atoms with Crippen LogP contribution < -0.4 is 19.1 Å². The van der Waals surface area contributed by atoms with Crippen molar-refractivity contribution in [3.63, 3.8) is 0 Å². The van der Waals surface area contributed by atoms with E-state index in [-0.39, 0.29) is 30.0 Å². The second-order valence-corrected chi connectivity index (χ2v) is 10.6. The topological polar surface area (TPSA) is 105 Å². The number of rotatable bonds is 12. The lowest BCUT2D eigenvalue weighted by Gasteiger charge is -2.33. The molecule has 39 heavy (non-hydrogen) atoms. The summed E-state index contributed by atoms with van der Waals surface area (Å²) in [6.45, 7) is -0.928. The normalized spacial score (nSPS) is 11.8. The van der Waals surface area contributed by atoms with Gasteiger partial charge < -0.3 is 19.7 Å². The van der Waals surface area contributed by atoms with E-state index in [1.54, 1.807) is 24.3 Å². The summed E-state index contributed by atoms with van der Waals surface area (Å²) in [6, 6.07) is 18.5. The fraction of sp³-hybridized carbons (Fsp3) is 0.286. The van der Waals surface area contributed by atoms with Gasteiger partial charge in [-0.05, 0) is 23.8 Å². The van der Waals surface area contributed by atoms with Crippen LogP contribution in [0.15, 0.2) is 72.8 Å². The van der Waals surface area contributed by atoms with E-state index in [2.05, 4.69) is 5.32 Å². The molecule has 0 aliphatic rings. The number of ether oxygens (including phenoxy) is 2. The van der Waals surface area contributed by atoms with Gasteiger partial charge in [-0.25, -0.2) is 12.8 Å². The number of halogens is 1. The van der Waals surface area contributed by atoms with Crippen LogP contribution in [0.5, 0.6) is 11.5 Å². The maximum atomic E-state index is 14.7. The molecule has 3 aromatic rings. The van der Waals surface area contributed by atoms with E-state index in [1.807, 2.05) is 18.2 Å². The Hall–Kier alpha value is -4.12. The summed E-state index contributed by atoms with van der Waals surface area (Å²) in [5.41, 5.74) is 1.03. The summed E-state index contributed by atoms with van der Waals surface area (Å²) in [4.78, 5) is 28.3. The fourth-order valence-electron chi connectivity index (χ4n) is 4.12. The Kier molecular flexibility index (Phi) is 9.89. The van der Waals surface area contributed by atoms with E-state index in [4.69, 9.17) is 9.47 Å². The van der Waals surface area contributed by atoms with Gasteiger partial charge in [0.25, 0.3) is 0 Å². The minimum absolute atomic E-state index is 0.0816. The minimum atomic E-state index is -4.02. The first-order valence-electron chi connectivity index (χ1n) is 12.1. The highest BCUT2D eigenvalue weighted by Crippen LogP contribution is 2.34. The van der Waals surface area contributed by atoms with Crippen molar-refractivity contribution in [1.82, 2.24) is 10.2 Å². The zero-order valence-corrected chi connectivity index (χ0v) is 23.1. The minimum Gasteiger partial charge on any atom is -0.497 e. The monoisotopic (exact) mass is 557 g/mol. The van der Waals surface area contributed by atoms with Crippen molar-refractivity contribution < 1.29 is 31.9 Å². The van der Waals surface area contributed by atoms with Crippen LogP contribution in [0.4, 0.5) is 10.1 Å². The Balaban J connectivity index is 2.09. The van der Waals surface area contributed by atoms with Crippen molar-refractivity contribution in [1.29, 1.82) is 0 Å². The van der Waals surface area contributed by atoms with E-state index >= 15 is 0 Å². The van der Waals surface area contributed by atoms with Gasteiger partial charge in [0.15, 0.2) is 0 Å². The second kappa shape index (κ2) is 13.1. The Labute approximate surface area is 228 Å². The van der Waals surface area contributed by atoms with Crippen LogP contribution in [0.2, 0.25) is 0 Å². The maximum Gasteiger partial charge on any atom is 0.244 e. The molecule has 0 fully saturated rings. The molecule has 0 saturated heterocycles. The Morgan fingerprint density at radius 1 is 0.974 bits per heavy atom. The third kappa shape index (κ3) is 7.47. The lowest BCUT2D eigenvalue weighted by molar-refractivity contribution is -0.139. The summed E-state index contributed by atoms with van der Waals surface area (Å²) in [6.07, 6.45) is 1.09. The predicted octanol–water partition coefficient (Wildman–Crippen LogP) is 3.00. The number of nitrogens with zero attached hydrogens (tertiary/aromatic N) is 2. The fourth-order valence-corrected chi connectivity index (χ4v) is 4.96. The molecule has 0 radical (unpaired) electrons. The lowest BCUT2D eigenvalue weighted by Crippen LogP contribution is -2.53. The van der Waals surface area contributed by atoms with Gasteiger partial charge in [0.1, 0.15) is 29.9 Å². The zero-order valence-electron chi connectivity index (χ0n) is 22.3. The summed E-state index contributed by atoms with van der Waals surface area (Å²) >= 11 is 0. The van der Waals surface area contributed by atoms with E-state index in [0.717, 1.165) is 16.1 Å². The molecule has 9 nitrogen and oxygen atoms in total. The third-order valence-electron chi connectivity index (χ3n) is 6.15. The molecule has 0 aliphatic heterocycles. The van der Waals surface area contributed by atoms with Crippen molar-refractivity contribution in [2.24, 2.45) is 0 Å². The van der Waals surface area contributed by atoms with E-state index in [9.17, 15) is 22.4 Å². The lowest BCUT2D eigenvalue weighted by atomic mass is 10.0. The highest BCUT2D eigenvalue weighted by molar-refractivity contribution is 7.92. The molecule has 208 valence electrons. The SMILES string of the molecule is CNC(=O)[C@@H](Cc1ccccc1)N(Cc1ccccc1F)C(=O)CN(c1cc(OC)ccc1OC)S(C)(=O)=O. The van der Waals surface area contributed by atoms with Gasteiger partial charge in [-0.2, -0.15) is 0 Å². The largest absolute Gasteiger partial charge is 0.497 e. The van der Waals surface area contributed by atoms with Crippen molar-refractivity contribution in [3.8, 4) is 11.5 Å². The smallest absolute Gasteiger partial charge is 0.244 e. The number of amides is 2. The summed E-state index contributed by atoms with van der Waals surface area (Å²) < 4.78 is 52.1. The van der Waals surface area contributed by atoms with Crippen LogP contribution in [0, 0.1) is 5.82 Å². The number of anilines is 1. The van der Waals surface area contributed by atoms with Crippen LogP contribution in [0.1, 0.15) is 11.1 Å². The number of benzene rings is 3. The Bertz CT molecular complexity index is 1400. The number of carbonyl (C=O) groups excluding carboxylic acids is 2. The molecule has 0 heterocycles. The van der Waals surface area contributed by atoms with Crippen LogP contribution in [0.3, 0.4) is 0 Å². The molecule has 11 heteroatoms. The summed E-state index contributed by atoms with van der Waals surface area (Å²) in [7, 11) is 0.221. The first kappa shape index (κ1) is 29.4. The average Bonchev–Trinajstić information content (AvgIpc) is 2.93. The molecule has 1 N–H and O–H groups in total. The first-order valence-corrected chi connectivity index (χ1v) is 13.9. The number of hydrogen-bond donors (Lipinski definition) is 1. The molecule has 0 bridgehead atoms. The number of sulfonamides is 1. The van der Waals surface area contributed by atoms with E-state index < -0.39 is 40.2 Å². The van der Waals surface area contributed by atoms with Crippen molar-refractivity contribution in [2.45, 2.75) is 19.0 Å². The zero-order chi connectivity index (χ0) is 28.6. The molecule has 0 unspecified atom stereocenters. The van der Waals surface area contributed by atoms with Gasteiger partial charge >= 0.3 is 0 Å². The Morgan fingerprint density at radius 3 is 2.23 bits per heavy atom. The van der Waals surface area contributed by atoms with Gasteiger partial charge in [-0.1, -0.05) is 48.5 Å². The highest BCUT2D eigenvalue weighted by Gasteiger charge is 2.34. The first-order chi connectivity index (χ1) is 18.6. The molecular weight excluding hydrogens is 525 g/mol. The molecule has 0 saturated carbocycles. The molecular formula is C28H32FN3O6S. The molecule has 3 aromatic carbocycles. The third-order valence-corrected chi connectivity index (χ3v) is 7.28. The van der Waals surface area contributed by atoms with Crippen LogP contribution in [-0.4, -0.2) is 65.2 Å². The summed E-state index contributed by atoms with van der Waals surface area (Å²) in [5, 5.41) is 2.57. The van der Waals surface area contributed by atoms with Crippen LogP contribution in [-0.2, 0) is 32.6 Å². The van der Waals surface area contributed by atoms with E-state index in [1.165, 1.54) is 56.5 Å². The number of nitrogens with one attached hydrogen (secondary N) is 1. The van der Waals surface area contributed by atoms with E-state index in [0.29, 0.717) is 5.75 Å². The highest BCUT2D eigenvalue weighted by atomic mass is 32.2. The molecule has 0 aliphatic carbocycles. The van der Waals surface area contributed by atoms with Crippen LogP contribution >= 0.6 is 0 Å². The number of methoxy groups -OCH3 is 2. The number of hydrogen-bond acceptors (Lipinski definition) is 6. The Morgan fingerprint density at radius 2 is 1.64 bits per heavy atom. The van der Waals surface area contributed by atoms with Crippen molar-refractivity contribution in [3.05, 3.63) is 89.7 Å². The molecule has 3 rings (SSSR count). The standard InChI is InChI=1S/C28H32FN3O6S/c1-30-28(34)25(16-20-10-6-5-7-11-20)31(18-21-12-8-9-13-23(21)29)27(33)19-32(39(4,35)36)24-17-22(37-2)14-15-26(24)38-3/h5-15,17,25H,16,18-19H2,1-4H3,(H,30,34)/t25-/m1/s1. The molecule has 0 spiro atoms. The van der Waals surface area contributed by atoms with Gasteiger partial charge in [-0.3, -0.25) is 13.9 Å². The predicted molar refractivity (Wildman–Crippen MR) is 147 cm³/mol. The quantitative estimate of drug-likeness (QED) is 0.367. The molecule has 2 amide bonds. The van der Waals surface area contributed by atoms with Gasteiger partial charge in [0.2, 0.25) is 21.8 Å². The van der Waals surface area contributed by atoms with Gasteiger partial charge in [0, 0.05) is 31.6 Å². The van der Waals surface area contributed by atoms with Gasteiger partial charge in [-0.15, -0.1) is 0 Å². The summed E-state index contributed by atoms with van der Waals surface area (Å²) in [5.74, 6) is -1.20. The second-order valence-electron chi connectivity index (χ2n) is 8.74. The average molecular weight is 558 g/mol. The number of likely N-dealkylation sites (N-methyl/N-ethyl adjacent to an activating group) is 1. The maximum absolute atomic E-state index is 14.7. The van der Waals surface area contributed by atoms with Crippen molar-refractivity contribution in [2.75, 3.05) is 38.4 Å². The molecule has 0 aromatic heterocycles. The molecule has 1 atom stereocenters.